The monoisotopic (exact) mass is 314 g/mol. The maximum atomic E-state index is 11.9. The van der Waals surface area contributed by atoms with E-state index in [-0.39, 0.29) is 12.1 Å². The van der Waals surface area contributed by atoms with Crippen LogP contribution in [0.4, 0.5) is 5.82 Å². The summed E-state index contributed by atoms with van der Waals surface area (Å²) in [5, 5.41) is 23.6. The Hall–Kier alpha value is -3.02. The third-order valence-corrected chi connectivity index (χ3v) is 2.53. The number of rotatable bonds is 8. The van der Waals surface area contributed by atoms with Crippen LogP contribution in [-0.2, 0) is 20.8 Å². The highest BCUT2D eigenvalue weighted by Crippen LogP contribution is 2.14. The zero-order valence-corrected chi connectivity index (χ0v) is 11.2. The number of aromatic nitrogens is 2. The summed E-state index contributed by atoms with van der Waals surface area (Å²) >= 11 is 0. The molecule has 0 saturated heterocycles. The smallest absolute Gasteiger partial charge is 0.343 e. The van der Waals surface area contributed by atoms with Crippen molar-refractivity contribution in [3.05, 3.63) is 22.1 Å². The van der Waals surface area contributed by atoms with E-state index in [0.29, 0.717) is 0 Å². The first kappa shape index (κ1) is 17.0. The van der Waals surface area contributed by atoms with E-state index in [1.807, 2.05) is 0 Å². The number of imidazole rings is 1. The van der Waals surface area contributed by atoms with Crippen LogP contribution in [0.15, 0.2) is 6.33 Å². The first-order chi connectivity index (χ1) is 10.3. The van der Waals surface area contributed by atoms with Gasteiger partial charge in [0.15, 0.2) is 6.33 Å². The van der Waals surface area contributed by atoms with E-state index in [2.05, 4.69) is 20.6 Å². The lowest BCUT2D eigenvalue weighted by atomic mass is 10.1. The molecule has 0 spiro atoms. The Morgan fingerprint density at radius 1 is 1.50 bits per heavy atom. The van der Waals surface area contributed by atoms with Crippen molar-refractivity contribution >= 4 is 23.6 Å². The molecular formula is C10H14N6O6. The Labute approximate surface area is 123 Å². The van der Waals surface area contributed by atoms with Crippen molar-refractivity contribution in [2.24, 2.45) is 5.73 Å². The Balaban J connectivity index is 2.87. The van der Waals surface area contributed by atoms with E-state index in [0.717, 1.165) is 6.33 Å². The van der Waals surface area contributed by atoms with Gasteiger partial charge in [-0.05, 0) is 4.92 Å². The highest BCUT2D eigenvalue weighted by atomic mass is 16.6. The average Bonchev–Trinajstić information content (AvgIpc) is 2.92. The summed E-state index contributed by atoms with van der Waals surface area (Å²) in [5.41, 5.74) is 5.07. The van der Waals surface area contributed by atoms with E-state index >= 15 is 0 Å². The predicted molar refractivity (Wildman–Crippen MR) is 70.6 cm³/mol. The molecule has 1 aromatic rings. The first-order valence-electron chi connectivity index (χ1n) is 6.00. The van der Waals surface area contributed by atoms with Gasteiger partial charge < -0.3 is 31.6 Å². The fourth-order valence-corrected chi connectivity index (χ4v) is 1.57. The minimum Gasteiger partial charge on any atom is -0.480 e. The maximum Gasteiger partial charge on any atom is 0.343 e. The highest BCUT2D eigenvalue weighted by Gasteiger charge is 2.26. The molecule has 12 heteroatoms. The number of carbonyl (C=O) groups excluding carboxylic acids is 2. The van der Waals surface area contributed by atoms with Crippen molar-refractivity contribution in [2.45, 2.75) is 12.5 Å². The topological polar surface area (TPSA) is 193 Å². The molecule has 0 bridgehead atoms. The van der Waals surface area contributed by atoms with Gasteiger partial charge in [-0.2, -0.15) is 0 Å². The van der Waals surface area contributed by atoms with Crippen LogP contribution in [0.1, 0.15) is 5.69 Å². The summed E-state index contributed by atoms with van der Waals surface area (Å²) in [6, 6.07) is -1.24. The Morgan fingerprint density at radius 3 is 2.73 bits per heavy atom. The van der Waals surface area contributed by atoms with Crippen LogP contribution >= 0.6 is 0 Å². The summed E-state index contributed by atoms with van der Waals surface area (Å²) in [4.78, 5) is 49.7. The summed E-state index contributed by atoms with van der Waals surface area (Å²) in [7, 11) is 0. The van der Waals surface area contributed by atoms with Gasteiger partial charge >= 0.3 is 11.8 Å². The van der Waals surface area contributed by atoms with Crippen molar-refractivity contribution < 1.29 is 24.4 Å². The number of hydrogen-bond donors (Lipinski definition) is 5. The number of carbonyl (C=O) groups is 3. The molecule has 0 aliphatic heterocycles. The second-order valence-corrected chi connectivity index (χ2v) is 4.09. The van der Waals surface area contributed by atoms with Gasteiger partial charge in [0.1, 0.15) is 18.3 Å². The van der Waals surface area contributed by atoms with E-state index in [4.69, 9.17) is 10.8 Å². The molecule has 120 valence electrons. The van der Waals surface area contributed by atoms with Crippen molar-refractivity contribution in [1.29, 1.82) is 0 Å². The number of nitrogens with one attached hydrogen (secondary N) is 3. The number of hydrogen-bond acceptors (Lipinski definition) is 7. The third-order valence-electron chi connectivity index (χ3n) is 2.53. The molecule has 12 nitrogen and oxygen atoms in total. The Kier molecular flexibility index (Phi) is 5.95. The quantitative estimate of drug-likeness (QED) is 0.256. The molecule has 6 N–H and O–H groups in total. The van der Waals surface area contributed by atoms with Crippen molar-refractivity contribution in [2.75, 3.05) is 13.1 Å². The molecule has 0 fully saturated rings. The molecule has 2 amide bonds. The lowest BCUT2D eigenvalue weighted by Crippen LogP contribution is -2.50. The normalized spacial score (nSPS) is 11.5. The molecule has 0 aliphatic rings. The van der Waals surface area contributed by atoms with Crippen molar-refractivity contribution in [3.8, 4) is 0 Å². The first-order valence-corrected chi connectivity index (χ1v) is 6.00. The maximum absolute atomic E-state index is 11.9. The standard InChI is InChI=1S/C10H14N6O6/c11-2-7(17)15-6(10(20)12-3-8(18)19)1-5-9(16(21)22)14-4-13-5/h4,6H,1-3,11H2,(H,12,20)(H,13,14)(H,15,17)(H,18,19)/t6-/m0/s1. The average molecular weight is 314 g/mol. The van der Waals surface area contributed by atoms with Gasteiger partial charge in [-0.25, -0.2) is 9.97 Å². The number of carboxylic acids is 1. The molecule has 0 saturated carbocycles. The van der Waals surface area contributed by atoms with Crippen LogP contribution in [0.3, 0.4) is 0 Å². The fraction of sp³-hybridized carbons (Fsp3) is 0.400. The van der Waals surface area contributed by atoms with Crippen LogP contribution in [0, 0.1) is 10.1 Å². The number of aliphatic carboxylic acids is 1. The second-order valence-electron chi connectivity index (χ2n) is 4.09. The van der Waals surface area contributed by atoms with E-state index in [1.54, 1.807) is 0 Å². The number of nitro groups is 1. The van der Waals surface area contributed by atoms with Gasteiger partial charge in [0.2, 0.25) is 11.8 Å². The summed E-state index contributed by atoms with van der Waals surface area (Å²) in [5.74, 6) is -3.18. The van der Waals surface area contributed by atoms with Crippen molar-refractivity contribution in [3.63, 3.8) is 0 Å². The van der Waals surface area contributed by atoms with Crippen LogP contribution in [0.2, 0.25) is 0 Å². The van der Waals surface area contributed by atoms with E-state index < -0.39 is 47.7 Å². The van der Waals surface area contributed by atoms with E-state index in [9.17, 15) is 24.5 Å². The molecule has 1 atom stereocenters. The number of nitrogens with zero attached hydrogens (tertiary/aromatic N) is 2. The Bertz CT molecular complexity index is 584. The fourth-order valence-electron chi connectivity index (χ4n) is 1.57. The van der Waals surface area contributed by atoms with Gasteiger partial charge in [0.05, 0.1) is 6.54 Å². The van der Waals surface area contributed by atoms with Gasteiger partial charge in [0, 0.05) is 6.42 Å². The lowest BCUT2D eigenvalue weighted by molar-refractivity contribution is -0.390. The van der Waals surface area contributed by atoms with E-state index in [1.165, 1.54) is 0 Å². The third kappa shape index (κ3) is 4.82. The summed E-state index contributed by atoms with van der Waals surface area (Å²) in [6.45, 7) is -1.05. The molecule has 1 aromatic heterocycles. The second kappa shape index (κ2) is 7.68. The van der Waals surface area contributed by atoms with Crippen LogP contribution < -0.4 is 16.4 Å². The largest absolute Gasteiger partial charge is 0.480 e. The Morgan fingerprint density at radius 2 is 2.18 bits per heavy atom. The number of amides is 2. The van der Waals surface area contributed by atoms with Gasteiger partial charge in [-0.3, -0.25) is 14.4 Å². The predicted octanol–water partition coefficient (Wildman–Crippen LogP) is -2.50. The minimum atomic E-state index is -1.27. The van der Waals surface area contributed by atoms with Crippen LogP contribution in [-0.4, -0.2) is 56.9 Å². The highest BCUT2D eigenvalue weighted by molar-refractivity contribution is 5.90. The van der Waals surface area contributed by atoms with Crippen molar-refractivity contribution in [1.82, 2.24) is 20.6 Å². The SMILES string of the molecule is NCC(=O)N[C@@H](Cc1nc[nH]c1[N+](=O)[O-])C(=O)NCC(=O)O. The molecule has 1 rings (SSSR count). The summed E-state index contributed by atoms with van der Waals surface area (Å²) < 4.78 is 0. The van der Waals surface area contributed by atoms with Gasteiger partial charge in [-0.15, -0.1) is 0 Å². The molecule has 0 unspecified atom stereocenters. The van der Waals surface area contributed by atoms with Crippen LogP contribution in [0.5, 0.6) is 0 Å². The molecule has 0 aromatic carbocycles. The number of aromatic amines is 1. The molecule has 0 radical (unpaired) electrons. The molecule has 22 heavy (non-hydrogen) atoms. The number of carboxylic acid groups (broad SMARTS) is 1. The molecule has 0 aliphatic carbocycles. The zero-order chi connectivity index (χ0) is 16.7. The molecule has 1 heterocycles. The van der Waals surface area contributed by atoms with Gasteiger partial charge in [0.25, 0.3) is 0 Å². The number of nitrogens with two attached hydrogens (primary N) is 1. The zero-order valence-electron chi connectivity index (χ0n) is 11.2. The summed E-state index contributed by atoms with van der Waals surface area (Å²) in [6.07, 6.45) is 0.779. The number of H-pyrrole nitrogens is 1. The minimum absolute atomic E-state index is 0.0576. The molecular weight excluding hydrogens is 300 g/mol. The lowest BCUT2D eigenvalue weighted by Gasteiger charge is -2.16. The van der Waals surface area contributed by atoms with Gasteiger partial charge in [-0.1, -0.05) is 0 Å². The van der Waals surface area contributed by atoms with Crippen LogP contribution in [0.25, 0.3) is 0 Å².